The number of ether oxygens (including phenoxy) is 3. The van der Waals surface area contributed by atoms with Crippen molar-refractivity contribution >= 4 is 35.2 Å². The van der Waals surface area contributed by atoms with Gasteiger partial charge in [-0.05, 0) is 48.9 Å². The highest BCUT2D eigenvalue weighted by atomic mass is 35.5. The molecule has 0 fully saturated rings. The molecule has 0 saturated heterocycles. The van der Waals surface area contributed by atoms with Crippen LogP contribution in [0.5, 0.6) is 11.5 Å². The van der Waals surface area contributed by atoms with Crippen LogP contribution in [0, 0.1) is 5.82 Å². The second-order valence-electron chi connectivity index (χ2n) is 5.93. The number of rotatable bonds is 5. The van der Waals surface area contributed by atoms with Crippen molar-refractivity contribution in [2.45, 2.75) is 13.0 Å². The molecule has 0 bridgehead atoms. The first-order chi connectivity index (χ1) is 13.4. The third kappa shape index (κ3) is 5.01. The second kappa shape index (κ2) is 8.75. The lowest BCUT2D eigenvalue weighted by atomic mass is 10.2. The largest absolute Gasteiger partial charge is 0.486 e. The van der Waals surface area contributed by atoms with E-state index >= 15 is 0 Å². The van der Waals surface area contributed by atoms with Crippen molar-refractivity contribution < 1.29 is 28.2 Å². The standard InChI is InChI=1S/C20H17ClFNO5/c1-12(20(25)23-16-5-4-14(22)11-15(16)21)28-19(24)7-3-13-2-6-17-18(10-13)27-9-8-26-17/h2-7,10-12H,8-9H2,1H3,(H,23,25)/b7-3+/t12-/m1/s1. The van der Waals surface area contributed by atoms with E-state index in [4.69, 9.17) is 25.8 Å². The number of hydrogen-bond donors (Lipinski definition) is 1. The monoisotopic (exact) mass is 405 g/mol. The van der Waals surface area contributed by atoms with Crippen molar-refractivity contribution in [1.29, 1.82) is 0 Å². The first-order valence-corrected chi connectivity index (χ1v) is 8.84. The maximum absolute atomic E-state index is 13.0. The first kappa shape index (κ1) is 19.7. The molecule has 6 nitrogen and oxygen atoms in total. The van der Waals surface area contributed by atoms with Gasteiger partial charge in [0.25, 0.3) is 5.91 Å². The van der Waals surface area contributed by atoms with Gasteiger partial charge in [-0.1, -0.05) is 17.7 Å². The van der Waals surface area contributed by atoms with Crippen LogP contribution >= 0.6 is 11.6 Å². The van der Waals surface area contributed by atoms with Crippen LogP contribution in [0.4, 0.5) is 10.1 Å². The topological polar surface area (TPSA) is 73.9 Å². The average Bonchev–Trinajstić information content (AvgIpc) is 2.68. The number of anilines is 1. The van der Waals surface area contributed by atoms with Gasteiger partial charge in [0.1, 0.15) is 19.0 Å². The number of benzene rings is 2. The van der Waals surface area contributed by atoms with Crippen molar-refractivity contribution in [3.05, 3.63) is 58.9 Å². The maximum atomic E-state index is 13.0. The van der Waals surface area contributed by atoms with E-state index in [0.717, 1.165) is 17.7 Å². The SMILES string of the molecule is C[C@@H](OC(=O)/C=C/c1ccc2c(c1)OCCO2)C(=O)Nc1ccc(F)cc1Cl. The Morgan fingerprint density at radius 3 is 2.68 bits per heavy atom. The number of esters is 1. The summed E-state index contributed by atoms with van der Waals surface area (Å²) in [4.78, 5) is 24.1. The molecule has 146 valence electrons. The van der Waals surface area contributed by atoms with E-state index in [1.165, 1.54) is 19.1 Å². The molecule has 1 N–H and O–H groups in total. The molecule has 0 aliphatic carbocycles. The van der Waals surface area contributed by atoms with Crippen LogP contribution in [-0.2, 0) is 14.3 Å². The van der Waals surface area contributed by atoms with E-state index in [0.29, 0.717) is 24.7 Å². The van der Waals surface area contributed by atoms with E-state index in [2.05, 4.69) is 5.32 Å². The summed E-state index contributed by atoms with van der Waals surface area (Å²) in [5.74, 6) is -0.550. The van der Waals surface area contributed by atoms with Gasteiger partial charge in [0.05, 0.1) is 10.7 Å². The predicted molar refractivity (Wildman–Crippen MR) is 102 cm³/mol. The minimum atomic E-state index is -1.07. The summed E-state index contributed by atoms with van der Waals surface area (Å²) in [6.07, 6.45) is 1.68. The molecule has 1 aliphatic rings. The summed E-state index contributed by atoms with van der Waals surface area (Å²) >= 11 is 5.86. The number of fused-ring (bicyclic) bond motifs is 1. The zero-order chi connectivity index (χ0) is 20.1. The lowest BCUT2D eigenvalue weighted by Gasteiger charge is -2.18. The van der Waals surface area contributed by atoms with Gasteiger partial charge in [-0.25, -0.2) is 9.18 Å². The summed E-state index contributed by atoms with van der Waals surface area (Å²) in [6.45, 7) is 2.38. The molecular weight excluding hydrogens is 389 g/mol. The zero-order valence-corrected chi connectivity index (χ0v) is 15.7. The van der Waals surface area contributed by atoms with Gasteiger partial charge in [-0.15, -0.1) is 0 Å². The minimum Gasteiger partial charge on any atom is -0.486 e. The van der Waals surface area contributed by atoms with Gasteiger partial charge in [0.2, 0.25) is 0 Å². The van der Waals surface area contributed by atoms with E-state index in [1.54, 1.807) is 24.3 Å². The normalized spacial score (nSPS) is 13.8. The Morgan fingerprint density at radius 1 is 1.18 bits per heavy atom. The Bertz CT molecular complexity index is 931. The van der Waals surface area contributed by atoms with Crippen molar-refractivity contribution in [2.75, 3.05) is 18.5 Å². The Morgan fingerprint density at radius 2 is 1.93 bits per heavy atom. The van der Waals surface area contributed by atoms with Crippen LogP contribution in [0.15, 0.2) is 42.5 Å². The van der Waals surface area contributed by atoms with Crippen LogP contribution in [0.1, 0.15) is 12.5 Å². The van der Waals surface area contributed by atoms with Crippen LogP contribution in [-0.4, -0.2) is 31.2 Å². The second-order valence-corrected chi connectivity index (χ2v) is 6.34. The third-order valence-corrected chi connectivity index (χ3v) is 4.14. The molecule has 0 radical (unpaired) electrons. The lowest BCUT2D eigenvalue weighted by Crippen LogP contribution is -2.29. The number of nitrogens with one attached hydrogen (secondary N) is 1. The number of hydrogen-bond acceptors (Lipinski definition) is 5. The Kier molecular flexibility index (Phi) is 6.16. The van der Waals surface area contributed by atoms with Gasteiger partial charge in [0, 0.05) is 6.08 Å². The van der Waals surface area contributed by atoms with E-state index in [1.807, 2.05) is 0 Å². The molecular formula is C20H17ClFNO5. The van der Waals surface area contributed by atoms with Crippen LogP contribution < -0.4 is 14.8 Å². The van der Waals surface area contributed by atoms with Crippen molar-refractivity contribution in [2.24, 2.45) is 0 Å². The quantitative estimate of drug-likeness (QED) is 0.604. The Labute approximate surface area is 165 Å². The molecule has 2 aromatic rings. The summed E-state index contributed by atoms with van der Waals surface area (Å²) in [7, 11) is 0. The minimum absolute atomic E-state index is 0.0466. The van der Waals surface area contributed by atoms with Gasteiger partial charge < -0.3 is 19.5 Å². The van der Waals surface area contributed by atoms with Gasteiger partial charge in [-0.3, -0.25) is 4.79 Å². The van der Waals surface area contributed by atoms with Crippen molar-refractivity contribution in [3.8, 4) is 11.5 Å². The highest BCUT2D eigenvalue weighted by Gasteiger charge is 2.18. The van der Waals surface area contributed by atoms with Crippen LogP contribution in [0.3, 0.4) is 0 Å². The average molecular weight is 406 g/mol. The summed E-state index contributed by atoms with van der Waals surface area (Å²) in [6, 6.07) is 8.82. The molecule has 8 heteroatoms. The summed E-state index contributed by atoms with van der Waals surface area (Å²) in [5, 5.41) is 2.53. The van der Waals surface area contributed by atoms with Crippen LogP contribution in [0.25, 0.3) is 6.08 Å². The number of carbonyl (C=O) groups excluding carboxylic acids is 2. The molecule has 0 aromatic heterocycles. The highest BCUT2D eigenvalue weighted by Crippen LogP contribution is 2.31. The van der Waals surface area contributed by atoms with Gasteiger partial charge in [0.15, 0.2) is 17.6 Å². The van der Waals surface area contributed by atoms with Gasteiger partial charge in [-0.2, -0.15) is 0 Å². The highest BCUT2D eigenvalue weighted by molar-refractivity contribution is 6.33. The Hall–Kier alpha value is -3.06. The molecule has 1 amide bonds. The smallest absolute Gasteiger partial charge is 0.331 e. The molecule has 1 atom stereocenters. The van der Waals surface area contributed by atoms with Crippen LogP contribution in [0.2, 0.25) is 5.02 Å². The van der Waals surface area contributed by atoms with E-state index < -0.39 is 23.8 Å². The lowest BCUT2D eigenvalue weighted by molar-refractivity contribution is -0.148. The third-order valence-electron chi connectivity index (χ3n) is 3.83. The zero-order valence-electron chi connectivity index (χ0n) is 14.9. The number of halogens is 2. The first-order valence-electron chi connectivity index (χ1n) is 8.46. The molecule has 0 unspecified atom stereocenters. The maximum Gasteiger partial charge on any atom is 0.331 e. The fraction of sp³-hybridized carbons (Fsp3) is 0.200. The number of carbonyl (C=O) groups is 2. The molecule has 0 saturated carbocycles. The number of amides is 1. The molecule has 2 aromatic carbocycles. The van der Waals surface area contributed by atoms with Gasteiger partial charge >= 0.3 is 5.97 Å². The van der Waals surface area contributed by atoms with Crippen molar-refractivity contribution in [3.63, 3.8) is 0 Å². The molecule has 1 aliphatic heterocycles. The Balaban J connectivity index is 1.56. The predicted octanol–water partition coefficient (Wildman–Crippen LogP) is 3.83. The fourth-order valence-corrected chi connectivity index (χ4v) is 2.63. The molecule has 28 heavy (non-hydrogen) atoms. The molecule has 3 rings (SSSR count). The van der Waals surface area contributed by atoms with Crippen molar-refractivity contribution in [1.82, 2.24) is 0 Å². The van der Waals surface area contributed by atoms with E-state index in [-0.39, 0.29) is 10.7 Å². The molecule has 0 spiro atoms. The molecule has 1 heterocycles. The summed E-state index contributed by atoms with van der Waals surface area (Å²) < 4.78 is 29.0. The van der Waals surface area contributed by atoms with E-state index in [9.17, 15) is 14.0 Å². The fourth-order valence-electron chi connectivity index (χ4n) is 2.42. The summed E-state index contributed by atoms with van der Waals surface area (Å²) in [5.41, 5.74) is 0.944.